The van der Waals surface area contributed by atoms with Crippen molar-refractivity contribution >= 4 is 59.5 Å². The monoisotopic (exact) mass is 722 g/mol. The summed E-state index contributed by atoms with van der Waals surface area (Å²) < 4.78 is 18.0. The van der Waals surface area contributed by atoms with E-state index in [9.17, 15) is 0 Å². The lowest BCUT2D eigenvalue weighted by atomic mass is 9.95. The second kappa shape index (κ2) is 12.1. The number of halogens is 1. The van der Waals surface area contributed by atoms with E-state index in [0.29, 0.717) is 0 Å². The van der Waals surface area contributed by atoms with Crippen molar-refractivity contribution in [3.8, 4) is 33.8 Å². The molecule has 0 bridgehead atoms. The smallest absolute Gasteiger partial charge is 0.158 e. The molecule has 5 heteroatoms. The highest BCUT2D eigenvalue weighted by atomic mass is 79.9. The molecule has 0 fully saturated rings. The molecule has 244 valence electrons. The third kappa shape index (κ3) is 4.80. The van der Waals surface area contributed by atoms with Crippen LogP contribution in [0.25, 0.3) is 77.4 Å². The van der Waals surface area contributed by atoms with Gasteiger partial charge in [-0.15, -0.1) is 0 Å². The van der Waals surface area contributed by atoms with Gasteiger partial charge in [0.05, 0.1) is 16.6 Å². The lowest BCUT2D eigenvalue weighted by Gasteiger charge is -2.20. The van der Waals surface area contributed by atoms with Crippen LogP contribution in [0.15, 0.2) is 177 Å². The first-order valence-corrected chi connectivity index (χ1v) is 18.0. The van der Waals surface area contributed by atoms with Gasteiger partial charge in [0, 0.05) is 61.3 Å². The van der Waals surface area contributed by atoms with Gasteiger partial charge in [0.2, 0.25) is 0 Å². The minimum Gasteiger partial charge on any atom is -0.461 e. The number of benzene rings is 6. The van der Waals surface area contributed by atoms with Gasteiger partial charge in [-0.05, 0) is 28.8 Å². The highest BCUT2D eigenvalue weighted by molar-refractivity contribution is 9.10. The van der Waals surface area contributed by atoms with E-state index in [1.54, 1.807) is 0 Å². The van der Waals surface area contributed by atoms with Crippen LogP contribution in [0.3, 0.4) is 0 Å². The number of hydrogen-bond donors (Lipinski definition) is 0. The van der Waals surface area contributed by atoms with Gasteiger partial charge < -0.3 is 18.0 Å². The summed E-state index contributed by atoms with van der Waals surface area (Å²) in [7, 11) is 0. The van der Waals surface area contributed by atoms with E-state index in [4.69, 9.17) is 8.83 Å². The molecule has 0 aliphatic carbocycles. The zero-order valence-electron chi connectivity index (χ0n) is 27.6. The van der Waals surface area contributed by atoms with Crippen LogP contribution in [0.1, 0.15) is 11.1 Å². The molecule has 1 aliphatic heterocycles. The van der Waals surface area contributed by atoms with Crippen molar-refractivity contribution in [3.63, 3.8) is 0 Å². The van der Waals surface area contributed by atoms with Gasteiger partial charge in [-0.2, -0.15) is 0 Å². The van der Waals surface area contributed by atoms with Crippen molar-refractivity contribution < 1.29 is 8.83 Å². The number of furan rings is 2. The average Bonchev–Trinajstić information content (AvgIpc) is 3.96. The van der Waals surface area contributed by atoms with E-state index in [1.165, 1.54) is 55.0 Å². The molecule has 1 aliphatic rings. The summed E-state index contributed by atoms with van der Waals surface area (Å²) in [4.78, 5) is 0. The van der Waals surface area contributed by atoms with Crippen molar-refractivity contribution in [2.24, 2.45) is 0 Å². The zero-order valence-corrected chi connectivity index (χ0v) is 29.2. The number of fused-ring (bicyclic) bond motifs is 8. The predicted octanol–water partition coefficient (Wildman–Crippen LogP) is 12.9. The molecule has 11 rings (SSSR count). The van der Waals surface area contributed by atoms with Crippen LogP contribution in [-0.2, 0) is 13.1 Å². The highest BCUT2D eigenvalue weighted by Gasteiger charge is 2.25. The van der Waals surface area contributed by atoms with Crippen molar-refractivity contribution in [1.82, 2.24) is 9.13 Å². The Kier molecular flexibility index (Phi) is 7.07. The van der Waals surface area contributed by atoms with Gasteiger partial charge in [-0.1, -0.05) is 155 Å². The first kappa shape index (κ1) is 29.8. The molecule has 0 saturated carbocycles. The summed E-state index contributed by atoms with van der Waals surface area (Å²) in [5.74, 6) is 1.88. The zero-order chi connectivity index (χ0) is 33.9. The molecular formula is C46H31BrN2O2. The molecular weight excluding hydrogens is 692 g/mol. The molecule has 6 aromatic carbocycles. The van der Waals surface area contributed by atoms with Crippen LogP contribution in [-0.4, -0.2) is 9.13 Å². The predicted molar refractivity (Wildman–Crippen MR) is 212 cm³/mol. The highest BCUT2D eigenvalue weighted by Crippen LogP contribution is 2.45. The third-order valence-electron chi connectivity index (χ3n) is 10.1. The molecule has 0 atom stereocenters. The fourth-order valence-electron chi connectivity index (χ4n) is 7.86. The average molecular weight is 724 g/mol. The fraction of sp³-hybridized carbons (Fsp3) is 0.0435. The Morgan fingerprint density at radius 1 is 0.490 bits per heavy atom. The maximum absolute atomic E-state index is 6.03. The number of nitrogens with zero attached hydrogens (tertiary/aromatic N) is 2. The van der Waals surface area contributed by atoms with Crippen molar-refractivity contribution in [2.45, 2.75) is 13.1 Å². The largest absolute Gasteiger partial charge is 0.461 e. The van der Waals surface area contributed by atoms with Gasteiger partial charge in [-0.25, -0.2) is 0 Å². The molecule has 5 heterocycles. The fourth-order valence-corrected chi connectivity index (χ4v) is 8.27. The van der Waals surface area contributed by atoms with Gasteiger partial charge in [-0.3, -0.25) is 0 Å². The molecule has 0 saturated heterocycles. The van der Waals surface area contributed by atoms with E-state index < -0.39 is 0 Å². The van der Waals surface area contributed by atoms with Crippen LogP contribution in [0.2, 0.25) is 0 Å². The Balaban J connectivity index is 0.000000128. The molecule has 4 aromatic heterocycles. The van der Waals surface area contributed by atoms with Crippen LogP contribution in [0.5, 0.6) is 0 Å². The summed E-state index contributed by atoms with van der Waals surface area (Å²) in [6.07, 6.45) is 3.80. The quantitative estimate of drug-likeness (QED) is 0.181. The third-order valence-corrected chi connectivity index (χ3v) is 10.9. The van der Waals surface area contributed by atoms with Gasteiger partial charge in [0.15, 0.2) is 11.5 Å². The van der Waals surface area contributed by atoms with E-state index in [-0.39, 0.29) is 0 Å². The second-order valence-corrected chi connectivity index (χ2v) is 13.9. The van der Waals surface area contributed by atoms with E-state index in [2.05, 4.69) is 146 Å². The normalized spacial score (nSPS) is 12.0. The Bertz CT molecular complexity index is 2870. The number of para-hydroxylation sites is 2. The molecule has 0 amide bonds. The molecule has 10 aromatic rings. The number of aromatic nitrogens is 2. The minimum atomic E-state index is 0.783. The summed E-state index contributed by atoms with van der Waals surface area (Å²) in [5.41, 5.74) is 12.4. The Hall–Kier alpha value is -6.04. The summed E-state index contributed by atoms with van der Waals surface area (Å²) in [5, 5.41) is 4.85. The lowest BCUT2D eigenvalue weighted by Crippen LogP contribution is -2.07. The Morgan fingerprint density at radius 3 is 1.84 bits per heavy atom. The van der Waals surface area contributed by atoms with E-state index in [1.807, 2.05) is 42.9 Å². The topological polar surface area (TPSA) is 36.1 Å². The maximum Gasteiger partial charge on any atom is 0.158 e. The maximum atomic E-state index is 6.03. The molecule has 4 nitrogen and oxygen atoms in total. The minimum absolute atomic E-state index is 0.783. The van der Waals surface area contributed by atoms with Gasteiger partial charge in [0.25, 0.3) is 0 Å². The first-order valence-electron chi connectivity index (χ1n) is 17.2. The SMILES string of the molecule is Brc1ccccc1Cn1c2ccccc2c2coc(-c3ccccc3)c21.c1ccc(-c2occ3c4cccc5c4n(c23)Cc2ccccc2-5)cc1. The lowest BCUT2D eigenvalue weighted by molar-refractivity contribution is 0.585. The standard InChI is InChI=1S/C23H16BrNO.C23H15NO/c24-20-12-6-4-10-17(20)14-25-21-13-7-5-11-18(21)19-15-26-23(22(19)25)16-8-2-1-3-9-16;1-2-7-15(8-3-1)23-22-20(14-25-23)19-12-6-11-18-17-10-5-4-9-16(17)13-24(22)21(18)19/h1-13,15H,14H2;1-12,14H,13H2. The summed E-state index contributed by atoms with van der Waals surface area (Å²) >= 11 is 3.69. The van der Waals surface area contributed by atoms with Crippen LogP contribution >= 0.6 is 15.9 Å². The van der Waals surface area contributed by atoms with Crippen molar-refractivity contribution in [2.75, 3.05) is 0 Å². The van der Waals surface area contributed by atoms with Crippen LogP contribution in [0, 0.1) is 0 Å². The number of rotatable bonds is 4. The van der Waals surface area contributed by atoms with Crippen molar-refractivity contribution in [3.05, 3.63) is 180 Å². The van der Waals surface area contributed by atoms with Gasteiger partial charge in [0.1, 0.15) is 12.5 Å². The van der Waals surface area contributed by atoms with E-state index >= 15 is 0 Å². The molecule has 0 radical (unpaired) electrons. The van der Waals surface area contributed by atoms with Gasteiger partial charge >= 0.3 is 0 Å². The van der Waals surface area contributed by atoms with E-state index in [0.717, 1.165) is 51.1 Å². The summed E-state index contributed by atoms with van der Waals surface area (Å²) in [6.45, 7) is 1.66. The van der Waals surface area contributed by atoms with Crippen LogP contribution in [0.4, 0.5) is 0 Å². The number of hydrogen-bond acceptors (Lipinski definition) is 2. The van der Waals surface area contributed by atoms with Crippen molar-refractivity contribution in [1.29, 1.82) is 0 Å². The second-order valence-electron chi connectivity index (χ2n) is 13.0. The Morgan fingerprint density at radius 2 is 1.08 bits per heavy atom. The Labute approximate surface area is 302 Å². The van der Waals surface area contributed by atoms with Crippen LogP contribution < -0.4 is 0 Å². The summed E-state index contributed by atoms with van der Waals surface area (Å²) in [6, 6.07) is 52.9. The molecule has 0 N–H and O–H groups in total. The molecule has 0 unspecified atom stereocenters. The molecule has 0 spiro atoms. The molecule has 51 heavy (non-hydrogen) atoms. The first-order chi connectivity index (χ1) is 25.2.